The topological polar surface area (TPSA) is 49.4 Å². The molecule has 8 heteroatoms. The third-order valence-corrected chi connectivity index (χ3v) is 6.11. The molecule has 1 atom stereocenters. The monoisotopic (exact) mass is 372 g/mol. The largest absolute Gasteiger partial charge is 0.313 e. The van der Waals surface area contributed by atoms with Crippen LogP contribution in [0.2, 0.25) is 5.02 Å². The Hall–Kier alpha value is -1.54. The number of nitrogens with one attached hydrogen (secondary N) is 1. The average molecular weight is 373 g/mol. The molecule has 1 fully saturated rings. The SMILES string of the molecule is O=S(=O)(c1c(F)cccc1F)N1CCNCC1c1cccc(Cl)c1. The van der Waals surface area contributed by atoms with E-state index < -0.39 is 32.6 Å². The highest BCUT2D eigenvalue weighted by atomic mass is 35.5. The first-order valence-corrected chi connectivity index (χ1v) is 9.15. The van der Waals surface area contributed by atoms with Gasteiger partial charge in [-0.2, -0.15) is 4.31 Å². The Labute approximate surface area is 144 Å². The number of hydrogen-bond acceptors (Lipinski definition) is 3. The van der Waals surface area contributed by atoms with E-state index in [0.717, 1.165) is 22.5 Å². The molecule has 1 unspecified atom stereocenters. The molecule has 1 aliphatic heterocycles. The Morgan fingerprint density at radius 3 is 2.46 bits per heavy atom. The van der Waals surface area contributed by atoms with Crippen LogP contribution in [0, 0.1) is 11.6 Å². The van der Waals surface area contributed by atoms with Crippen LogP contribution in [0.1, 0.15) is 11.6 Å². The molecule has 0 spiro atoms. The van der Waals surface area contributed by atoms with Crippen molar-refractivity contribution in [2.45, 2.75) is 10.9 Å². The van der Waals surface area contributed by atoms with Crippen molar-refractivity contribution in [1.82, 2.24) is 9.62 Å². The van der Waals surface area contributed by atoms with Crippen molar-refractivity contribution in [3.05, 3.63) is 64.7 Å². The van der Waals surface area contributed by atoms with Crippen molar-refractivity contribution in [3.8, 4) is 0 Å². The lowest BCUT2D eigenvalue weighted by atomic mass is 10.1. The molecule has 4 nitrogen and oxygen atoms in total. The highest BCUT2D eigenvalue weighted by Gasteiger charge is 2.37. The van der Waals surface area contributed by atoms with E-state index in [-0.39, 0.29) is 6.54 Å². The summed E-state index contributed by atoms with van der Waals surface area (Å²) >= 11 is 5.99. The molecule has 3 rings (SSSR count). The van der Waals surface area contributed by atoms with Gasteiger partial charge in [-0.3, -0.25) is 0 Å². The summed E-state index contributed by atoms with van der Waals surface area (Å²) in [6.07, 6.45) is 0. The molecule has 1 saturated heterocycles. The van der Waals surface area contributed by atoms with E-state index in [1.807, 2.05) is 0 Å². The molecule has 1 heterocycles. The highest BCUT2D eigenvalue weighted by molar-refractivity contribution is 7.89. The fourth-order valence-corrected chi connectivity index (χ4v) is 4.74. The quantitative estimate of drug-likeness (QED) is 0.901. The van der Waals surface area contributed by atoms with E-state index in [1.54, 1.807) is 24.3 Å². The van der Waals surface area contributed by atoms with Crippen LogP contribution in [-0.2, 0) is 10.0 Å². The van der Waals surface area contributed by atoms with Gasteiger partial charge in [0.2, 0.25) is 10.0 Å². The van der Waals surface area contributed by atoms with Crippen LogP contribution in [0.4, 0.5) is 8.78 Å². The second-order valence-electron chi connectivity index (χ2n) is 5.44. The van der Waals surface area contributed by atoms with Gasteiger partial charge in [0.05, 0.1) is 6.04 Å². The van der Waals surface area contributed by atoms with Crippen molar-refractivity contribution in [3.63, 3.8) is 0 Å². The lowest BCUT2D eigenvalue weighted by molar-refractivity contribution is 0.269. The summed E-state index contributed by atoms with van der Waals surface area (Å²) in [6.45, 7) is 0.829. The van der Waals surface area contributed by atoms with Crippen LogP contribution >= 0.6 is 11.6 Å². The summed E-state index contributed by atoms with van der Waals surface area (Å²) in [5.74, 6) is -2.20. The molecule has 128 valence electrons. The van der Waals surface area contributed by atoms with Gasteiger partial charge in [0.15, 0.2) is 4.90 Å². The molecule has 1 N–H and O–H groups in total. The minimum absolute atomic E-state index is 0.104. The smallest absolute Gasteiger partial charge is 0.249 e. The molecule has 0 aliphatic carbocycles. The number of piperazine rings is 1. The Morgan fingerprint density at radius 1 is 1.12 bits per heavy atom. The second kappa shape index (κ2) is 6.76. The van der Waals surface area contributed by atoms with E-state index in [4.69, 9.17) is 11.6 Å². The summed E-state index contributed by atoms with van der Waals surface area (Å²) in [5, 5.41) is 3.56. The van der Waals surface area contributed by atoms with Gasteiger partial charge in [0, 0.05) is 24.7 Å². The predicted octanol–water partition coefficient (Wildman–Crippen LogP) is 2.95. The van der Waals surface area contributed by atoms with Gasteiger partial charge in [0.1, 0.15) is 11.6 Å². The Balaban J connectivity index is 2.07. The molecule has 0 amide bonds. The van der Waals surface area contributed by atoms with Crippen molar-refractivity contribution >= 4 is 21.6 Å². The molecular weight excluding hydrogens is 358 g/mol. The highest BCUT2D eigenvalue weighted by Crippen LogP contribution is 2.32. The van der Waals surface area contributed by atoms with Gasteiger partial charge in [0.25, 0.3) is 0 Å². The number of sulfonamides is 1. The van der Waals surface area contributed by atoms with Gasteiger partial charge in [-0.25, -0.2) is 17.2 Å². The van der Waals surface area contributed by atoms with Crippen LogP contribution in [0.5, 0.6) is 0 Å². The zero-order valence-corrected chi connectivity index (χ0v) is 14.1. The Kier molecular flexibility index (Phi) is 4.87. The third kappa shape index (κ3) is 3.17. The van der Waals surface area contributed by atoms with E-state index >= 15 is 0 Å². The van der Waals surface area contributed by atoms with E-state index in [1.165, 1.54) is 0 Å². The molecule has 1 aliphatic rings. The molecule has 0 aromatic heterocycles. The fraction of sp³-hybridized carbons (Fsp3) is 0.250. The Morgan fingerprint density at radius 2 is 1.79 bits per heavy atom. The molecule has 0 radical (unpaired) electrons. The van der Waals surface area contributed by atoms with Gasteiger partial charge >= 0.3 is 0 Å². The van der Waals surface area contributed by atoms with Gasteiger partial charge in [-0.05, 0) is 29.8 Å². The first-order chi connectivity index (χ1) is 11.4. The average Bonchev–Trinajstić information content (AvgIpc) is 2.54. The summed E-state index contributed by atoms with van der Waals surface area (Å²) in [4.78, 5) is -0.918. The molecule has 0 saturated carbocycles. The second-order valence-corrected chi connectivity index (χ2v) is 7.71. The van der Waals surface area contributed by atoms with Crippen LogP contribution in [0.25, 0.3) is 0 Å². The van der Waals surface area contributed by atoms with Crippen LogP contribution in [0.3, 0.4) is 0 Å². The lowest BCUT2D eigenvalue weighted by Crippen LogP contribution is -2.48. The van der Waals surface area contributed by atoms with E-state index in [2.05, 4.69) is 5.32 Å². The summed E-state index contributed by atoms with van der Waals surface area (Å²) in [7, 11) is -4.33. The number of rotatable bonds is 3. The zero-order chi connectivity index (χ0) is 17.3. The van der Waals surface area contributed by atoms with E-state index in [9.17, 15) is 17.2 Å². The number of hydrogen-bond donors (Lipinski definition) is 1. The molecule has 24 heavy (non-hydrogen) atoms. The van der Waals surface area contributed by atoms with Crippen LogP contribution < -0.4 is 5.32 Å². The van der Waals surface area contributed by atoms with Crippen molar-refractivity contribution < 1.29 is 17.2 Å². The lowest BCUT2D eigenvalue weighted by Gasteiger charge is -2.35. The maximum atomic E-state index is 14.0. The van der Waals surface area contributed by atoms with Gasteiger partial charge in [-0.1, -0.05) is 29.8 Å². The van der Waals surface area contributed by atoms with Crippen LogP contribution in [0.15, 0.2) is 47.4 Å². The first kappa shape index (κ1) is 17.3. The van der Waals surface area contributed by atoms with Crippen molar-refractivity contribution in [1.29, 1.82) is 0 Å². The van der Waals surface area contributed by atoms with Gasteiger partial charge in [-0.15, -0.1) is 0 Å². The van der Waals surface area contributed by atoms with Crippen molar-refractivity contribution in [2.24, 2.45) is 0 Å². The van der Waals surface area contributed by atoms with E-state index in [0.29, 0.717) is 23.7 Å². The summed E-state index contributed by atoms with van der Waals surface area (Å²) in [6, 6.07) is 9.19. The zero-order valence-electron chi connectivity index (χ0n) is 12.5. The number of halogens is 3. The third-order valence-electron chi connectivity index (χ3n) is 3.91. The first-order valence-electron chi connectivity index (χ1n) is 7.33. The number of nitrogens with zero attached hydrogens (tertiary/aromatic N) is 1. The van der Waals surface area contributed by atoms with Crippen molar-refractivity contribution in [2.75, 3.05) is 19.6 Å². The van der Waals surface area contributed by atoms with Gasteiger partial charge < -0.3 is 5.32 Å². The number of benzene rings is 2. The molecule has 0 bridgehead atoms. The minimum Gasteiger partial charge on any atom is -0.313 e. The Bertz CT molecular complexity index is 841. The molecule has 2 aromatic rings. The van der Waals surface area contributed by atoms with Crippen LogP contribution in [-0.4, -0.2) is 32.4 Å². The summed E-state index contributed by atoms with van der Waals surface area (Å²) in [5.41, 5.74) is 0.662. The molecule has 2 aromatic carbocycles. The standard InChI is InChI=1S/C16H15ClF2N2O2S/c17-12-4-1-3-11(9-12)15-10-20-7-8-21(15)24(22,23)16-13(18)5-2-6-14(16)19/h1-6,9,15,20H,7-8,10H2. The maximum absolute atomic E-state index is 14.0. The minimum atomic E-state index is -4.33. The normalized spacial score (nSPS) is 19.4. The maximum Gasteiger partial charge on any atom is 0.249 e. The molecular formula is C16H15ClF2N2O2S. The predicted molar refractivity (Wildman–Crippen MR) is 87.3 cm³/mol. The summed E-state index contributed by atoms with van der Waals surface area (Å²) < 4.78 is 54.9. The fourth-order valence-electron chi connectivity index (χ4n) is 2.82.